The van der Waals surface area contributed by atoms with Crippen molar-refractivity contribution in [3.8, 4) is 5.75 Å². The number of para-hydroxylation sites is 1. The number of aromatic nitrogens is 1. The average Bonchev–Trinajstić information content (AvgIpc) is 3.05. The molecule has 0 saturated carbocycles. The van der Waals surface area contributed by atoms with Crippen molar-refractivity contribution in [2.24, 2.45) is 0 Å². The summed E-state index contributed by atoms with van der Waals surface area (Å²) < 4.78 is 10.6. The van der Waals surface area contributed by atoms with Gasteiger partial charge in [-0.2, -0.15) is 0 Å². The highest BCUT2D eigenvalue weighted by atomic mass is 35.5. The van der Waals surface area contributed by atoms with Crippen LogP contribution in [-0.2, 0) is 9.53 Å². The van der Waals surface area contributed by atoms with E-state index in [0.717, 1.165) is 16.5 Å². The number of ketones is 1. The number of carbonyl (C=O) groups excluding carboxylic acids is 2. The predicted octanol–water partition coefficient (Wildman–Crippen LogP) is 4.32. The summed E-state index contributed by atoms with van der Waals surface area (Å²) in [6, 6.07) is 12.7. The minimum absolute atomic E-state index is 0.274. The molecule has 0 bridgehead atoms. The third-order valence-corrected chi connectivity index (χ3v) is 4.28. The maximum Gasteiger partial charge on any atom is 0.344 e. The maximum atomic E-state index is 12.6. The van der Waals surface area contributed by atoms with Gasteiger partial charge in [-0.1, -0.05) is 35.9 Å². The first-order valence-electron chi connectivity index (χ1n) is 8.14. The molecule has 3 rings (SSSR count). The fraction of sp³-hybridized carbons (Fsp3) is 0.200. The van der Waals surface area contributed by atoms with Crippen LogP contribution in [0.4, 0.5) is 0 Å². The molecule has 0 unspecified atom stereocenters. The molecule has 0 radical (unpaired) electrons. The summed E-state index contributed by atoms with van der Waals surface area (Å²) in [4.78, 5) is 27.6. The summed E-state index contributed by atoms with van der Waals surface area (Å²) in [6.45, 7) is 3.11. The second-order valence-corrected chi connectivity index (χ2v) is 6.37. The molecule has 5 nitrogen and oxygen atoms in total. The Labute approximate surface area is 155 Å². The summed E-state index contributed by atoms with van der Waals surface area (Å²) in [5.74, 6) is -0.508. The van der Waals surface area contributed by atoms with Gasteiger partial charge in [0.15, 0.2) is 12.7 Å². The number of ether oxygens (including phenoxy) is 2. The number of esters is 1. The Morgan fingerprint density at radius 2 is 1.96 bits per heavy atom. The highest BCUT2D eigenvalue weighted by Crippen LogP contribution is 2.25. The normalized spacial score (nSPS) is 12.0. The topological polar surface area (TPSA) is 68.4 Å². The van der Waals surface area contributed by atoms with Gasteiger partial charge in [0.25, 0.3) is 0 Å². The summed E-state index contributed by atoms with van der Waals surface area (Å²) in [5, 5.41) is 1.20. The Balaban J connectivity index is 1.62. The molecule has 1 atom stereocenters. The number of H-pyrrole nitrogens is 1. The number of aromatic amines is 1. The van der Waals surface area contributed by atoms with Gasteiger partial charge in [-0.25, -0.2) is 4.79 Å². The van der Waals surface area contributed by atoms with Gasteiger partial charge in [-0.15, -0.1) is 0 Å². The zero-order valence-electron chi connectivity index (χ0n) is 14.4. The quantitative estimate of drug-likeness (QED) is 0.517. The number of carbonyl (C=O) groups is 2. The summed E-state index contributed by atoms with van der Waals surface area (Å²) in [7, 11) is 0. The molecule has 0 amide bonds. The van der Waals surface area contributed by atoms with Gasteiger partial charge >= 0.3 is 5.97 Å². The first kappa shape index (κ1) is 18.0. The van der Waals surface area contributed by atoms with Crippen molar-refractivity contribution in [2.45, 2.75) is 20.0 Å². The van der Waals surface area contributed by atoms with Crippen LogP contribution in [0.15, 0.2) is 48.7 Å². The Kier molecular flexibility index (Phi) is 5.28. The third kappa shape index (κ3) is 3.89. The molecule has 3 aromatic rings. The van der Waals surface area contributed by atoms with E-state index in [-0.39, 0.29) is 12.4 Å². The lowest BCUT2D eigenvalue weighted by molar-refractivity contribution is -0.148. The van der Waals surface area contributed by atoms with Crippen LogP contribution >= 0.6 is 11.6 Å². The molecule has 0 saturated heterocycles. The van der Waals surface area contributed by atoms with Crippen molar-refractivity contribution in [2.75, 3.05) is 6.61 Å². The van der Waals surface area contributed by atoms with Crippen LogP contribution in [-0.4, -0.2) is 29.4 Å². The largest absolute Gasteiger partial charge is 0.480 e. The molecule has 26 heavy (non-hydrogen) atoms. The monoisotopic (exact) mass is 371 g/mol. The van der Waals surface area contributed by atoms with Crippen molar-refractivity contribution < 1.29 is 19.1 Å². The Bertz CT molecular complexity index is 963. The average molecular weight is 372 g/mol. The molecule has 6 heteroatoms. The van der Waals surface area contributed by atoms with E-state index in [1.165, 1.54) is 0 Å². The second kappa shape index (κ2) is 7.62. The van der Waals surface area contributed by atoms with E-state index in [1.807, 2.05) is 37.3 Å². The van der Waals surface area contributed by atoms with E-state index in [0.29, 0.717) is 16.3 Å². The smallest absolute Gasteiger partial charge is 0.344 e. The van der Waals surface area contributed by atoms with Crippen molar-refractivity contribution >= 4 is 34.3 Å². The molecule has 1 heterocycles. The second-order valence-electron chi connectivity index (χ2n) is 5.97. The van der Waals surface area contributed by atoms with Gasteiger partial charge in [0.1, 0.15) is 5.75 Å². The summed E-state index contributed by atoms with van der Waals surface area (Å²) in [6.07, 6.45) is 0.707. The molecule has 2 aromatic carbocycles. The van der Waals surface area contributed by atoms with E-state index in [4.69, 9.17) is 21.1 Å². The van der Waals surface area contributed by atoms with Gasteiger partial charge in [0, 0.05) is 22.7 Å². The first-order valence-corrected chi connectivity index (χ1v) is 8.52. The molecular weight excluding hydrogens is 354 g/mol. The number of benzene rings is 2. The van der Waals surface area contributed by atoms with Gasteiger partial charge in [-0.05, 0) is 37.6 Å². The number of nitrogens with one attached hydrogen (secondary N) is 1. The lowest BCUT2D eigenvalue weighted by Crippen LogP contribution is -2.27. The van der Waals surface area contributed by atoms with E-state index < -0.39 is 12.1 Å². The van der Waals surface area contributed by atoms with Crippen molar-refractivity contribution in [1.82, 2.24) is 4.98 Å². The van der Waals surface area contributed by atoms with E-state index in [1.54, 1.807) is 25.3 Å². The van der Waals surface area contributed by atoms with Crippen LogP contribution in [0.5, 0.6) is 5.75 Å². The van der Waals surface area contributed by atoms with Crippen LogP contribution in [0.1, 0.15) is 22.8 Å². The predicted molar refractivity (Wildman–Crippen MR) is 99.9 cm³/mol. The molecule has 1 aromatic heterocycles. The lowest BCUT2D eigenvalue weighted by atomic mass is 10.1. The van der Waals surface area contributed by atoms with Crippen molar-refractivity contribution in [3.05, 3.63) is 64.8 Å². The van der Waals surface area contributed by atoms with Crippen molar-refractivity contribution in [1.29, 1.82) is 0 Å². The van der Waals surface area contributed by atoms with Crippen LogP contribution in [0.25, 0.3) is 10.9 Å². The minimum atomic E-state index is -0.918. The first-order chi connectivity index (χ1) is 12.5. The summed E-state index contributed by atoms with van der Waals surface area (Å²) in [5.41, 5.74) is 2.30. The highest BCUT2D eigenvalue weighted by Gasteiger charge is 2.22. The van der Waals surface area contributed by atoms with E-state index >= 15 is 0 Å². The molecule has 0 aliphatic carbocycles. The number of rotatable bonds is 6. The molecule has 134 valence electrons. The number of Topliss-reactive ketones (excluding diaryl/α,β-unsaturated/α-hetero) is 1. The zero-order valence-corrected chi connectivity index (χ0v) is 15.2. The van der Waals surface area contributed by atoms with Crippen LogP contribution in [0.3, 0.4) is 0 Å². The fourth-order valence-corrected chi connectivity index (χ4v) is 2.81. The molecular formula is C20H18ClNO4. The molecule has 0 aliphatic heterocycles. The molecule has 1 N–H and O–H groups in total. The Morgan fingerprint density at radius 1 is 1.19 bits per heavy atom. The number of halogens is 1. The zero-order chi connectivity index (χ0) is 18.7. The fourth-order valence-electron chi connectivity index (χ4n) is 2.64. The van der Waals surface area contributed by atoms with Crippen LogP contribution in [0.2, 0.25) is 5.02 Å². The Morgan fingerprint density at radius 3 is 2.77 bits per heavy atom. The number of fused-ring (bicyclic) bond motifs is 1. The third-order valence-electron chi connectivity index (χ3n) is 3.96. The number of hydrogen-bond acceptors (Lipinski definition) is 4. The van der Waals surface area contributed by atoms with Crippen LogP contribution < -0.4 is 4.74 Å². The van der Waals surface area contributed by atoms with Crippen LogP contribution in [0, 0.1) is 6.92 Å². The van der Waals surface area contributed by atoms with Gasteiger partial charge in [0.2, 0.25) is 5.78 Å². The van der Waals surface area contributed by atoms with Gasteiger partial charge < -0.3 is 14.5 Å². The maximum absolute atomic E-state index is 12.6. The van der Waals surface area contributed by atoms with Crippen molar-refractivity contribution in [3.63, 3.8) is 0 Å². The van der Waals surface area contributed by atoms with E-state index in [2.05, 4.69) is 4.98 Å². The van der Waals surface area contributed by atoms with Gasteiger partial charge in [-0.3, -0.25) is 4.79 Å². The SMILES string of the molecule is Cc1ccc(Cl)c(OCC(=O)O[C@@H](C)C(=O)c2c[nH]c3ccccc23)c1. The molecule has 0 spiro atoms. The van der Waals surface area contributed by atoms with Gasteiger partial charge in [0.05, 0.1) is 5.02 Å². The highest BCUT2D eigenvalue weighted by molar-refractivity contribution is 6.32. The van der Waals surface area contributed by atoms with E-state index in [9.17, 15) is 9.59 Å². The number of aryl methyl sites for hydroxylation is 1. The lowest BCUT2D eigenvalue weighted by Gasteiger charge is -2.13. The molecule has 0 aliphatic rings. The number of hydrogen-bond donors (Lipinski definition) is 1. The standard InChI is InChI=1S/C20H18ClNO4/c1-12-7-8-16(21)18(9-12)25-11-19(23)26-13(2)20(24)15-10-22-17-6-4-3-5-14(15)17/h3-10,13,22H,11H2,1-2H3/t13-/m0/s1. The summed E-state index contributed by atoms with van der Waals surface area (Å²) >= 11 is 6.02. The molecule has 0 fully saturated rings. The Hall–Kier alpha value is -2.79. The minimum Gasteiger partial charge on any atom is -0.480 e.